The highest BCUT2D eigenvalue weighted by Crippen LogP contribution is 2.23. The predicted octanol–water partition coefficient (Wildman–Crippen LogP) is 1.40. The average molecular weight is 427 g/mol. The molecule has 0 spiro atoms. The summed E-state index contributed by atoms with van der Waals surface area (Å²) in [7, 11) is -3.18. The number of nitrogens with zero attached hydrogens (tertiary/aromatic N) is 1. The molecule has 1 heterocycles. The van der Waals surface area contributed by atoms with Crippen LogP contribution in [0, 0.1) is 12.8 Å². The molecule has 3 N–H and O–H groups in total. The third kappa shape index (κ3) is 8.59. The van der Waals surface area contributed by atoms with Crippen LogP contribution in [0.5, 0.6) is 5.75 Å². The molecule has 8 nitrogen and oxygen atoms in total. The Labute approximate surface area is 174 Å². The summed E-state index contributed by atoms with van der Waals surface area (Å²) in [5.41, 5.74) is 2.15. The Hall–Kier alpha value is -1.84. The van der Waals surface area contributed by atoms with E-state index in [9.17, 15) is 8.42 Å². The van der Waals surface area contributed by atoms with Crippen molar-refractivity contribution in [2.75, 3.05) is 45.2 Å². The SMILES string of the molecule is CCNC(=NCc1ccc(C)cc1OCC1CCOC1)NCCNS(=O)(=O)CC. The van der Waals surface area contributed by atoms with Crippen molar-refractivity contribution in [3.05, 3.63) is 29.3 Å². The van der Waals surface area contributed by atoms with Crippen LogP contribution >= 0.6 is 0 Å². The molecule has 1 aliphatic rings. The molecule has 1 aromatic carbocycles. The first kappa shape index (κ1) is 23.4. The maximum Gasteiger partial charge on any atom is 0.211 e. The molecular formula is C20H34N4O4S. The highest BCUT2D eigenvalue weighted by atomic mass is 32.2. The summed E-state index contributed by atoms with van der Waals surface area (Å²) in [5.74, 6) is 2.01. The lowest BCUT2D eigenvalue weighted by Crippen LogP contribution is -2.41. The van der Waals surface area contributed by atoms with Gasteiger partial charge in [0, 0.05) is 37.7 Å². The van der Waals surface area contributed by atoms with Gasteiger partial charge >= 0.3 is 0 Å². The molecule has 0 aromatic heterocycles. The van der Waals surface area contributed by atoms with E-state index in [1.54, 1.807) is 6.92 Å². The van der Waals surface area contributed by atoms with Crippen molar-refractivity contribution >= 4 is 16.0 Å². The quantitative estimate of drug-likeness (QED) is 0.281. The van der Waals surface area contributed by atoms with Gasteiger partial charge in [-0.25, -0.2) is 18.1 Å². The van der Waals surface area contributed by atoms with Gasteiger partial charge < -0.3 is 20.1 Å². The molecule has 1 aliphatic heterocycles. The van der Waals surface area contributed by atoms with E-state index < -0.39 is 10.0 Å². The Morgan fingerprint density at radius 3 is 2.79 bits per heavy atom. The lowest BCUT2D eigenvalue weighted by atomic mass is 10.1. The van der Waals surface area contributed by atoms with Crippen LogP contribution in [0.3, 0.4) is 0 Å². The maximum absolute atomic E-state index is 11.5. The lowest BCUT2D eigenvalue weighted by molar-refractivity contribution is 0.166. The van der Waals surface area contributed by atoms with E-state index in [0.29, 0.717) is 44.7 Å². The van der Waals surface area contributed by atoms with Crippen molar-refractivity contribution in [3.63, 3.8) is 0 Å². The highest BCUT2D eigenvalue weighted by Gasteiger charge is 2.17. The van der Waals surface area contributed by atoms with Crippen LogP contribution < -0.4 is 20.1 Å². The first-order valence-electron chi connectivity index (χ1n) is 10.2. The van der Waals surface area contributed by atoms with E-state index in [1.165, 1.54) is 0 Å². The number of guanidine groups is 1. The van der Waals surface area contributed by atoms with E-state index in [4.69, 9.17) is 9.47 Å². The third-order valence-corrected chi connectivity index (χ3v) is 6.00. The first-order valence-corrected chi connectivity index (χ1v) is 11.9. The summed E-state index contributed by atoms with van der Waals surface area (Å²) in [5, 5.41) is 6.33. The van der Waals surface area contributed by atoms with Crippen LogP contribution in [-0.2, 0) is 21.3 Å². The van der Waals surface area contributed by atoms with Gasteiger partial charge in [0.2, 0.25) is 10.0 Å². The fourth-order valence-corrected chi connectivity index (χ4v) is 3.46. The van der Waals surface area contributed by atoms with Crippen LogP contribution in [0.15, 0.2) is 23.2 Å². The van der Waals surface area contributed by atoms with Crippen LogP contribution in [0.25, 0.3) is 0 Å². The van der Waals surface area contributed by atoms with Crippen molar-refractivity contribution in [1.29, 1.82) is 0 Å². The van der Waals surface area contributed by atoms with Gasteiger partial charge in [-0.1, -0.05) is 12.1 Å². The number of benzene rings is 1. The molecule has 9 heteroatoms. The number of aliphatic imine (C=N–C) groups is 1. The number of hydrogen-bond donors (Lipinski definition) is 3. The molecule has 0 amide bonds. The monoisotopic (exact) mass is 426 g/mol. The number of rotatable bonds is 11. The molecule has 29 heavy (non-hydrogen) atoms. The predicted molar refractivity (Wildman–Crippen MR) is 116 cm³/mol. The van der Waals surface area contributed by atoms with Gasteiger partial charge in [0.05, 0.1) is 25.5 Å². The Morgan fingerprint density at radius 2 is 2.10 bits per heavy atom. The molecule has 0 bridgehead atoms. The van der Waals surface area contributed by atoms with Crippen LogP contribution in [0.4, 0.5) is 0 Å². The summed E-state index contributed by atoms with van der Waals surface area (Å²) in [6, 6.07) is 6.13. The summed E-state index contributed by atoms with van der Waals surface area (Å²) in [6.07, 6.45) is 1.04. The zero-order valence-corrected chi connectivity index (χ0v) is 18.5. The first-order chi connectivity index (χ1) is 13.9. The topological polar surface area (TPSA) is 101 Å². The number of hydrogen-bond acceptors (Lipinski definition) is 5. The van der Waals surface area contributed by atoms with Crippen LogP contribution in [-0.4, -0.2) is 59.6 Å². The molecule has 2 rings (SSSR count). The Balaban J connectivity index is 1.94. The highest BCUT2D eigenvalue weighted by molar-refractivity contribution is 7.89. The summed E-state index contributed by atoms with van der Waals surface area (Å²) < 4.78 is 37.0. The summed E-state index contributed by atoms with van der Waals surface area (Å²) in [6.45, 7) is 9.80. The standard InChI is InChI=1S/C20H34N4O4S/c1-4-21-20(22-9-10-24-29(25,26)5-2)23-13-18-7-6-16(3)12-19(18)28-15-17-8-11-27-14-17/h6-7,12,17,24H,4-5,8-11,13-15H2,1-3H3,(H2,21,22,23). The Morgan fingerprint density at radius 1 is 1.28 bits per heavy atom. The van der Waals surface area contributed by atoms with Gasteiger partial charge in [0.15, 0.2) is 5.96 Å². The Bertz CT molecular complexity index is 762. The van der Waals surface area contributed by atoms with Crippen molar-refractivity contribution in [1.82, 2.24) is 15.4 Å². The van der Waals surface area contributed by atoms with Gasteiger partial charge in [-0.05, 0) is 38.8 Å². The second-order valence-electron chi connectivity index (χ2n) is 7.07. The number of sulfonamides is 1. The fraction of sp³-hybridized carbons (Fsp3) is 0.650. The minimum Gasteiger partial charge on any atom is -0.493 e. The average Bonchev–Trinajstić information content (AvgIpc) is 3.22. The molecule has 1 aromatic rings. The van der Waals surface area contributed by atoms with Gasteiger partial charge in [0.25, 0.3) is 0 Å². The molecule has 0 aliphatic carbocycles. The second kappa shape index (κ2) is 12.0. The van der Waals surface area contributed by atoms with Gasteiger partial charge in [-0.3, -0.25) is 0 Å². The maximum atomic E-state index is 11.5. The molecule has 0 radical (unpaired) electrons. The minimum atomic E-state index is -3.18. The summed E-state index contributed by atoms with van der Waals surface area (Å²) in [4.78, 5) is 4.62. The fourth-order valence-electron chi connectivity index (χ4n) is 2.84. The largest absolute Gasteiger partial charge is 0.493 e. The summed E-state index contributed by atoms with van der Waals surface area (Å²) >= 11 is 0. The zero-order chi connectivity index (χ0) is 21.1. The van der Waals surface area contributed by atoms with E-state index >= 15 is 0 Å². The van der Waals surface area contributed by atoms with Crippen molar-refractivity contribution in [2.45, 2.75) is 33.7 Å². The van der Waals surface area contributed by atoms with E-state index in [0.717, 1.165) is 36.5 Å². The number of ether oxygens (including phenoxy) is 2. The normalized spacial score (nSPS) is 17.3. The smallest absolute Gasteiger partial charge is 0.211 e. The molecular weight excluding hydrogens is 392 g/mol. The van der Waals surface area contributed by atoms with Crippen molar-refractivity contribution in [2.24, 2.45) is 10.9 Å². The molecule has 1 atom stereocenters. The van der Waals surface area contributed by atoms with E-state index in [2.05, 4.69) is 26.4 Å². The van der Waals surface area contributed by atoms with Crippen molar-refractivity contribution < 1.29 is 17.9 Å². The third-order valence-electron chi connectivity index (χ3n) is 4.59. The van der Waals surface area contributed by atoms with Gasteiger partial charge in [-0.15, -0.1) is 0 Å². The molecule has 1 saturated heterocycles. The van der Waals surface area contributed by atoms with Gasteiger partial charge in [0.1, 0.15) is 5.75 Å². The van der Waals surface area contributed by atoms with Crippen molar-refractivity contribution in [3.8, 4) is 5.75 Å². The second-order valence-corrected chi connectivity index (χ2v) is 9.17. The van der Waals surface area contributed by atoms with E-state index in [1.807, 2.05) is 26.0 Å². The molecule has 0 saturated carbocycles. The number of nitrogens with one attached hydrogen (secondary N) is 3. The van der Waals surface area contributed by atoms with Crippen LogP contribution in [0.1, 0.15) is 31.4 Å². The van der Waals surface area contributed by atoms with Crippen LogP contribution in [0.2, 0.25) is 0 Å². The Kier molecular flexibility index (Phi) is 9.69. The molecule has 1 unspecified atom stereocenters. The number of aryl methyl sites for hydroxylation is 1. The lowest BCUT2D eigenvalue weighted by Gasteiger charge is -2.15. The van der Waals surface area contributed by atoms with Gasteiger partial charge in [-0.2, -0.15) is 0 Å². The molecule has 1 fully saturated rings. The zero-order valence-electron chi connectivity index (χ0n) is 17.7. The van der Waals surface area contributed by atoms with E-state index in [-0.39, 0.29) is 5.75 Å². The minimum absolute atomic E-state index is 0.0737. The molecule has 164 valence electrons.